The van der Waals surface area contributed by atoms with E-state index in [4.69, 9.17) is 9.84 Å². The first-order chi connectivity index (χ1) is 10.4. The molecular weight excluding hydrogens is 282 g/mol. The highest BCUT2D eigenvalue weighted by molar-refractivity contribution is 5.85. The maximum atomic E-state index is 12.4. The zero-order valence-corrected chi connectivity index (χ0v) is 12.9. The second kappa shape index (κ2) is 5.00. The second-order valence-corrected chi connectivity index (χ2v) is 6.91. The second-order valence-electron chi connectivity index (χ2n) is 6.91. The Morgan fingerprint density at radius 2 is 2.14 bits per heavy atom. The Kier molecular flexibility index (Phi) is 3.38. The summed E-state index contributed by atoms with van der Waals surface area (Å²) in [6.07, 6.45) is 1.65. The number of carbonyl (C=O) groups is 2. The van der Waals surface area contributed by atoms with Crippen molar-refractivity contribution in [3.05, 3.63) is 29.8 Å². The number of ether oxygens (including phenoxy) is 1. The van der Waals surface area contributed by atoms with Crippen LogP contribution in [0.3, 0.4) is 0 Å². The van der Waals surface area contributed by atoms with E-state index < -0.39 is 11.4 Å². The van der Waals surface area contributed by atoms with E-state index in [1.165, 1.54) is 0 Å². The summed E-state index contributed by atoms with van der Waals surface area (Å²) in [4.78, 5) is 23.5. The number of carboxylic acid groups (broad SMARTS) is 1. The molecule has 0 bridgehead atoms. The van der Waals surface area contributed by atoms with Gasteiger partial charge in [0.05, 0.1) is 12.0 Å². The average Bonchev–Trinajstić information content (AvgIpc) is 3.20. The topological polar surface area (TPSA) is 75.6 Å². The van der Waals surface area contributed by atoms with E-state index in [1.807, 2.05) is 24.3 Å². The maximum absolute atomic E-state index is 12.4. The first-order valence-electron chi connectivity index (χ1n) is 7.60. The van der Waals surface area contributed by atoms with Gasteiger partial charge in [0.2, 0.25) is 5.91 Å². The van der Waals surface area contributed by atoms with Gasteiger partial charge < -0.3 is 15.2 Å². The minimum Gasteiger partial charge on any atom is -0.493 e. The van der Waals surface area contributed by atoms with Gasteiger partial charge in [0.1, 0.15) is 5.75 Å². The van der Waals surface area contributed by atoms with Crippen molar-refractivity contribution >= 4 is 11.9 Å². The molecule has 0 aromatic heterocycles. The fourth-order valence-corrected chi connectivity index (χ4v) is 3.21. The zero-order valence-electron chi connectivity index (χ0n) is 12.9. The molecule has 0 unspecified atom stereocenters. The number of benzene rings is 1. The number of fused-ring (bicyclic) bond motifs is 2. The summed E-state index contributed by atoms with van der Waals surface area (Å²) < 4.78 is 5.66. The number of rotatable bonds is 4. The monoisotopic (exact) mass is 303 g/mol. The van der Waals surface area contributed by atoms with Crippen molar-refractivity contribution in [2.45, 2.75) is 32.1 Å². The van der Waals surface area contributed by atoms with Crippen LogP contribution in [-0.2, 0) is 15.0 Å². The molecule has 2 N–H and O–H groups in total. The van der Waals surface area contributed by atoms with Gasteiger partial charge in [-0.1, -0.05) is 18.2 Å². The van der Waals surface area contributed by atoms with Gasteiger partial charge in [-0.2, -0.15) is 0 Å². The van der Waals surface area contributed by atoms with Crippen LogP contribution < -0.4 is 10.1 Å². The van der Waals surface area contributed by atoms with Crippen molar-refractivity contribution in [3.63, 3.8) is 0 Å². The first kappa shape index (κ1) is 14.9. The maximum Gasteiger partial charge on any atom is 0.310 e. The van der Waals surface area contributed by atoms with Crippen LogP contribution in [0, 0.1) is 11.3 Å². The molecule has 0 saturated heterocycles. The lowest BCUT2D eigenvalue weighted by atomic mass is 9.87. The molecule has 2 atom stereocenters. The van der Waals surface area contributed by atoms with Crippen molar-refractivity contribution in [2.75, 3.05) is 13.2 Å². The molecular formula is C17H21NO4. The van der Waals surface area contributed by atoms with Crippen molar-refractivity contribution in [1.29, 1.82) is 0 Å². The Morgan fingerprint density at radius 1 is 1.41 bits per heavy atom. The summed E-state index contributed by atoms with van der Waals surface area (Å²) in [6, 6.07) is 7.88. The molecule has 5 nitrogen and oxygen atoms in total. The number of nitrogens with one attached hydrogen (secondary N) is 1. The van der Waals surface area contributed by atoms with Crippen LogP contribution in [0.25, 0.3) is 0 Å². The van der Waals surface area contributed by atoms with Gasteiger partial charge in [0.15, 0.2) is 0 Å². The molecule has 1 spiro atoms. The normalized spacial score (nSPS) is 26.0. The minimum absolute atomic E-state index is 0.0500. The van der Waals surface area contributed by atoms with E-state index in [2.05, 4.69) is 5.32 Å². The van der Waals surface area contributed by atoms with Crippen molar-refractivity contribution < 1.29 is 19.4 Å². The number of amides is 1. The van der Waals surface area contributed by atoms with Gasteiger partial charge in [-0.05, 0) is 32.8 Å². The van der Waals surface area contributed by atoms with Crippen molar-refractivity contribution in [2.24, 2.45) is 11.3 Å². The fourth-order valence-electron chi connectivity index (χ4n) is 3.21. The third kappa shape index (κ3) is 2.34. The Hall–Kier alpha value is -2.04. The number of hydrogen-bond acceptors (Lipinski definition) is 3. The zero-order chi connectivity index (χ0) is 16.0. The molecule has 0 radical (unpaired) electrons. The smallest absolute Gasteiger partial charge is 0.310 e. The molecule has 3 rings (SSSR count). The molecule has 22 heavy (non-hydrogen) atoms. The lowest BCUT2D eigenvalue weighted by Crippen LogP contribution is -2.40. The first-order valence-corrected chi connectivity index (χ1v) is 7.60. The lowest BCUT2D eigenvalue weighted by Gasteiger charge is -2.27. The predicted molar refractivity (Wildman–Crippen MR) is 80.8 cm³/mol. The summed E-state index contributed by atoms with van der Waals surface area (Å²) >= 11 is 0. The number of carboxylic acids is 1. The van der Waals surface area contributed by atoms with Crippen LogP contribution >= 0.6 is 0 Å². The van der Waals surface area contributed by atoms with Gasteiger partial charge in [-0.25, -0.2) is 0 Å². The largest absolute Gasteiger partial charge is 0.493 e. The summed E-state index contributed by atoms with van der Waals surface area (Å²) in [5, 5.41) is 11.9. The molecule has 1 aromatic rings. The van der Waals surface area contributed by atoms with E-state index in [0.29, 0.717) is 6.61 Å². The summed E-state index contributed by atoms with van der Waals surface area (Å²) in [5.74, 6) is -0.169. The molecule has 5 heteroatoms. The van der Waals surface area contributed by atoms with E-state index >= 15 is 0 Å². The molecule has 1 heterocycles. The van der Waals surface area contributed by atoms with E-state index in [1.54, 1.807) is 13.8 Å². The predicted octanol–water partition coefficient (Wildman–Crippen LogP) is 1.95. The molecule has 118 valence electrons. The van der Waals surface area contributed by atoms with Crippen LogP contribution in [0.2, 0.25) is 0 Å². The van der Waals surface area contributed by atoms with Crippen LogP contribution in [0.4, 0.5) is 0 Å². The van der Waals surface area contributed by atoms with Crippen LogP contribution in [0.1, 0.15) is 32.3 Å². The Balaban J connectivity index is 1.70. The van der Waals surface area contributed by atoms with Gasteiger partial charge in [0, 0.05) is 23.4 Å². The highest BCUT2D eigenvalue weighted by Crippen LogP contribution is 2.60. The van der Waals surface area contributed by atoms with Gasteiger partial charge in [0.25, 0.3) is 0 Å². The van der Waals surface area contributed by atoms with Gasteiger partial charge >= 0.3 is 5.97 Å². The summed E-state index contributed by atoms with van der Waals surface area (Å²) in [7, 11) is 0. The molecule has 1 aliphatic carbocycles. The molecule has 1 aromatic carbocycles. The number of para-hydroxylation sites is 1. The van der Waals surface area contributed by atoms with Crippen LogP contribution in [0.5, 0.6) is 5.75 Å². The third-order valence-electron chi connectivity index (χ3n) is 4.90. The third-order valence-corrected chi connectivity index (χ3v) is 4.90. The van der Waals surface area contributed by atoms with E-state index in [9.17, 15) is 9.59 Å². The van der Waals surface area contributed by atoms with Crippen LogP contribution in [-0.4, -0.2) is 30.1 Å². The van der Waals surface area contributed by atoms with Gasteiger partial charge in [-0.3, -0.25) is 9.59 Å². The molecule has 2 aliphatic rings. The standard InChI is InChI=1S/C17H21NO4/c1-16(2,15(20)21)10-18-14(19)12-9-17(12)7-8-22-13-6-4-3-5-11(13)17/h3-6,12H,7-10H2,1-2H3,(H,18,19)(H,20,21)/t12-,17-/m0/s1. The van der Waals surface area contributed by atoms with Crippen molar-refractivity contribution in [1.82, 2.24) is 5.32 Å². The highest BCUT2D eigenvalue weighted by atomic mass is 16.5. The quantitative estimate of drug-likeness (QED) is 0.891. The Labute approximate surface area is 129 Å². The number of carbonyl (C=O) groups excluding carboxylic acids is 1. The van der Waals surface area contributed by atoms with Crippen molar-refractivity contribution in [3.8, 4) is 5.75 Å². The van der Waals surface area contributed by atoms with Gasteiger partial charge in [-0.15, -0.1) is 0 Å². The fraction of sp³-hybridized carbons (Fsp3) is 0.529. The highest BCUT2D eigenvalue weighted by Gasteiger charge is 2.61. The molecule has 1 amide bonds. The summed E-state index contributed by atoms with van der Waals surface area (Å²) in [6.45, 7) is 4.00. The number of aliphatic carboxylic acids is 1. The molecule has 1 fully saturated rings. The Morgan fingerprint density at radius 3 is 2.86 bits per heavy atom. The van der Waals surface area contributed by atoms with Crippen LogP contribution in [0.15, 0.2) is 24.3 Å². The van der Waals surface area contributed by atoms with E-state index in [-0.39, 0.29) is 23.8 Å². The molecule has 1 saturated carbocycles. The summed E-state index contributed by atoms with van der Waals surface area (Å²) in [5.41, 5.74) is 0.0383. The minimum atomic E-state index is -0.953. The lowest BCUT2D eigenvalue weighted by molar-refractivity contribution is -0.146. The number of hydrogen-bond donors (Lipinski definition) is 2. The van der Waals surface area contributed by atoms with E-state index in [0.717, 1.165) is 24.2 Å². The molecule has 1 aliphatic heterocycles. The Bertz CT molecular complexity index is 625. The average molecular weight is 303 g/mol. The SMILES string of the molecule is CC(C)(CNC(=O)[C@@H]1C[C@]12CCOc1ccccc12)C(=O)O.